The maximum absolute atomic E-state index is 11.4. The Morgan fingerprint density at radius 1 is 1.08 bits per heavy atom. The third-order valence-electron chi connectivity index (χ3n) is 9.27. The number of fused-ring (bicyclic) bond motifs is 2. The first kappa shape index (κ1) is 17.6. The normalized spacial score (nSPS) is 59.8. The molecular weight excluding hydrogens is 332 g/mol. The SMILES string of the molecule is C=C1[C@@H](O)[C@@]23[C@@H](CC[C@@H]1[C@H]2O)[C@@]12[C@H](OC)O[C@@H]3C[C@@H]1C(C)(C)CC[C@@H]2O. The van der Waals surface area contributed by atoms with Gasteiger partial charge in [-0.15, -0.1) is 0 Å². The maximum Gasteiger partial charge on any atom is 0.166 e. The van der Waals surface area contributed by atoms with E-state index in [4.69, 9.17) is 9.47 Å². The minimum absolute atomic E-state index is 0.0208. The Kier molecular flexibility index (Phi) is 3.47. The van der Waals surface area contributed by atoms with Crippen LogP contribution in [0.15, 0.2) is 12.2 Å². The first-order chi connectivity index (χ1) is 12.2. The van der Waals surface area contributed by atoms with Crippen molar-refractivity contribution in [2.24, 2.45) is 34.0 Å². The van der Waals surface area contributed by atoms with Gasteiger partial charge in [-0.2, -0.15) is 0 Å². The first-order valence-corrected chi connectivity index (χ1v) is 10.1. The molecule has 2 aliphatic heterocycles. The van der Waals surface area contributed by atoms with Gasteiger partial charge in [0.2, 0.25) is 0 Å². The fourth-order valence-corrected chi connectivity index (χ4v) is 8.29. The van der Waals surface area contributed by atoms with Crippen molar-refractivity contribution < 1.29 is 24.8 Å². The van der Waals surface area contributed by atoms with Gasteiger partial charge in [0.1, 0.15) is 0 Å². The predicted molar refractivity (Wildman–Crippen MR) is 95.0 cm³/mol. The minimum Gasteiger partial charge on any atom is -0.392 e. The van der Waals surface area contributed by atoms with Crippen LogP contribution in [-0.2, 0) is 9.47 Å². The highest BCUT2D eigenvalue weighted by Gasteiger charge is 2.81. The van der Waals surface area contributed by atoms with Gasteiger partial charge in [0.15, 0.2) is 6.29 Å². The van der Waals surface area contributed by atoms with Crippen LogP contribution in [0.25, 0.3) is 0 Å². The lowest BCUT2D eigenvalue weighted by molar-refractivity contribution is -0.420. The van der Waals surface area contributed by atoms with Gasteiger partial charge < -0.3 is 24.8 Å². The summed E-state index contributed by atoms with van der Waals surface area (Å²) in [5.41, 5.74) is -0.507. The summed E-state index contributed by atoms with van der Waals surface area (Å²) >= 11 is 0. The van der Waals surface area contributed by atoms with E-state index in [0.717, 1.165) is 31.3 Å². The lowest BCUT2D eigenvalue weighted by Gasteiger charge is -2.73. The summed E-state index contributed by atoms with van der Waals surface area (Å²) in [4.78, 5) is 0. The highest BCUT2D eigenvalue weighted by atomic mass is 16.7. The summed E-state index contributed by atoms with van der Waals surface area (Å²) in [6.07, 6.45) is 1.42. The zero-order valence-electron chi connectivity index (χ0n) is 16.0. The van der Waals surface area contributed by atoms with Crippen LogP contribution < -0.4 is 0 Å². The summed E-state index contributed by atoms with van der Waals surface area (Å²) in [6.45, 7) is 8.71. The van der Waals surface area contributed by atoms with Crippen LogP contribution in [0.2, 0.25) is 0 Å². The lowest BCUT2D eigenvalue weighted by atomic mass is 9.36. The topological polar surface area (TPSA) is 79.2 Å². The van der Waals surface area contributed by atoms with E-state index in [9.17, 15) is 15.3 Å². The summed E-state index contributed by atoms with van der Waals surface area (Å²) in [5, 5.41) is 33.9. The van der Waals surface area contributed by atoms with Crippen LogP contribution in [0, 0.1) is 34.0 Å². The number of hydrogen-bond donors (Lipinski definition) is 3. The Balaban J connectivity index is 1.75. The van der Waals surface area contributed by atoms with Gasteiger partial charge in [-0.1, -0.05) is 20.4 Å². The van der Waals surface area contributed by atoms with Gasteiger partial charge in [0, 0.05) is 13.0 Å². The summed E-state index contributed by atoms with van der Waals surface area (Å²) in [6, 6.07) is 0. The third kappa shape index (κ3) is 1.60. The van der Waals surface area contributed by atoms with Crippen molar-refractivity contribution >= 4 is 0 Å². The molecule has 5 nitrogen and oxygen atoms in total. The Morgan fingerprint density at radius 3 is 2.50 bits per heavy atom. The van der Waals surface area contributed by atoms with E-state index in [1.54, 1.807) is 7.11 Å². The largest absolute Gasteiger partial charge is 0.392 e. The molecular formula is C21H32O5. The smallest absolute Gasteiger partial charge is 0.166 e. The molecule has 2 heterocycles. The monoisotopic (exact) mass is 364 g/mol. The molecule has 6 rings (SSSR count). The molecule has 2 saturated heterocycles. The average Bonchev–Trinajstić information content (AvgIpc) is 2.73. The van der Waals surface area contributed by atoms with Crippen LogP contribution >= 0.6 is 0 Å². The molecule has 4 saturated carbocycles. The molecule has 2 spiro atoms. The highest BCUT2D eigenvalue weighted by molar-refractivity contribution is 5.35. The molecule has 146 valence electrons. The zero-order valence-corrected chi connectivity index (χ0v) is 16.0. The van der Waals surface area contributed by atoms with E-state index in [-0.39, 0.29) is 29.3 Å². The predicted octanol–water partition coefficient (Wildman–Crippen LogP) is 1.85. The van der Waals surface area contributed by atoms with Crippen LogP contribution in [0.4, 0.5) is 0 Å². The second-order valence-corrected chi connectivity index (χ2v) is 10.2. The van der Waals surface area contributed by atoms with Crippen molar-refractivity contribution in [2.45, 2.75) is 76.7 Å². The van der Waals surface area contributed by atoms with Crippen LogP contribution in [0.1, 0.15) is 46.0 Å². The number of aliphatic hydroxyl groups is 3. The molecule has 3 N–H and O–H groups in total. The molecule has 0 aromatic carbocycles. The standard InChI is InChI=1S/C21H32O5/c1-10-11-5-6-12-20-13(19(2,3)8-7-14(20)22)9-15(26-18(20)25-4)21(12,16(10)23)17(11)24/h11-18,22-24H,1,5-9H2,2-4H3/t11-,12-,13+,14-,15+,16+,17+,18+,20+,21-/m0/s1. The second-order valence-electron chi connectivity index (χ2n) is 10.2. The average molecular weight is 364 g/mol. The fraction of sp³-hybridized carbons (Fsp3) is 0.905. The highest BCUT2D eigenvalue weighted by Crippen LogP contribution is 2.76. The van der Waals surface area contributed by atoms with Crippen molar-refractivity contribution in [3.05, 3.63) is 12.2 Å². The molecule has 26 heavy (non-hydrogen) atoms. The van der Waals surface area contributed by atoms with Gasteiger partial charge in [0.05, 0.1) is 35.2 Å². The second kappa shape index (κ2) is 5.12. The van der Waals surface area contributed by atoms with E-state index < -0.39 is 35.4 Å². The molecule has 6 fully saturated rings. The number of ether oxygens (including phenoxy) is 2. The Bertz CT molecular complexity index is 646. The van der Waals surface area contributed by atoms with Gasteiger partial charge in [-0.25, -0.2) is 0 Å². The molecule has 5 heteroatoms. The molecule has 10 atom stereocenters. The summed E-state index contributed by atoms with van der Waals surface area (Å²) in [5.74, 6) is 0.171. The van der Waals surface area contributed by atoms with Crippen molar-refractivity contribution in [2.75, 3.05) is 7.11 Å². The van der Waals surface area contributed by atoms with E-state index in [1.807, 2.05) is 0 Å². The van der Waals surface area contributed by atoms with Gasteiger partial charge >= 0.3 is 0 Å². The zero-order chi connectivity index (χ0) is 18.6. The van der Waals surface area contributed by atoms with Crippen molar-refractivity contribution in [3.63, 3.8) is 0 Å². The van der Waals surface area contributed by atoms with Crippen LogP contribution in [-0.4, -0.2) is 53.1 Å². The molecule has 6 aliphatic rings. The molecule has 4 bridgehead atoms. The van der Waals surface area contributed by atoms with Gasteiger partial charge in [-0.3, -0.25) is 0 Å². The minimum atomic E-state index is -0.770. The third-order valence-corrected chi connectivity index (χ3v) is 9.27. The van der Waals surface area contributed by atoms with Crippen LogP contribution in [0.5, 0.6) is 0 Å². The molecule has 0 unspecified atom stereocenters. The molecule has 0 aromatic rings. The number of rotatable bonds is 1. The first-order valence-electron chi connectivity index (χ1n) is 10.1. The molecule has 4 aliphatic carbocycles. The number of aliphatic hydroxyl groups excluding tert-OH is 3. The molecule has 0 aromatic heterocycles. The Morgan fingerprint density at radius 2 is 1.81 bits per heavy atom. The molecule has 0 radical (unpaired) electrons. The van der Waals surface area contributed by atoms with Crippen molar-refractivity contribution in [1.29, 1.82) is 0 Å². The van der Waals surface area contributed by atoms with E-state index in [2.05, 4.69) is 20.4 Å². The van der Waals surface area contributed by atoms with E-state index >= 15 is 0 Å². The quantitative estimate of drug-likeness (QED) is 0.619. The van der Waals surface area contributed by atoms with Gasteiger partial charge in [0.25, 0.3) is 0 Å². The van der Waals surface area contributed by atoms with Crippen molar-refractivity contribution in [1.82, 2.24) is 0 Å². The Hall–Kier alpha value is -0.460. The molecule has 0 amide bonds. The number of hydrogen-bond acceptors (Lipinski definition) is 5. The Labute approximate surface area is 155 Å². The fourth-order valence-electron chi connectivity index (χ4n) is 8.29. The number of methoxy groups -OCH3 is 1. The van der Waals surface area contributed by atoms with Crippen LogP contribution in [0.3, 0.4) is 0 Å². The van der Waals surface area contributed by atoms with Crippen molar-refractivity contribution in [3.8, 4) is 0 Å². The maximum atomic E-state index is 11.4. The van der Waals surface area contributed by atoms with E-state index in [0.29, 0.717) is 6.42 Å². The summed E-state index contributed by atoms with van der Waals surface area (Å²) < 4.78 is 12.2. The summed E-state index contributed by atoms with van der Waals surface area (Å²) in [7, 11) is 1.66. The van der Waals surface area contributed by atoms with E-state index in [1.165, 1.54) is 0 Å². The lowest BCUT2D eigenvalue weighted by Crippen LogP contribution is -2.79. The van der Waals surface area contributed by atoms with Gasteiger partial charge in [-0.05, 0) is 54.9 Å².